The molecule has 1 aliphatic heterocycles. The van der Waals surface area contributed by atoms with Crippen molar-refractivity contribution in [2.45, 2.75) is 6.04 Å². The standard InChI is InChI=1S/C26H29N3O2/c1-30-24-14-13-23(25(19-24)31-2)20-27-29-17-15-28(16-18-29)26(21-9-5-3-6-10-21)22-11-7-4-8-12-22/h3-14,19-20,26H,15-18H2,1-2H3/b27-20+. The quantitative estimate of drug-likeness (QED) is 0.535. The molecule has 0 amide bonds. The molecular weight excluding hydrogens is 386 g/mol. The third-order valence-corrected chi connectivity index (χ3v) is 5.69. The maximum atomic E-state index is 5.48. The summed E-state index contributed by atoms with van der Waals surface area (Å²) in [4.78, 5) is 2.55. The number of piperazine rings is 1. The van der Waals surface area contributed by atoms with E-state index >= 15 is 0 Å². The molecule has 5 heteroatoms. The van der Waals surface area contributed by atoms with E-state index in [4.69, 9.17) is 14.6 Å². The van der Waals surface area contributed by atoms with E-state index < -0.39 is 0 Å². The fourth-order valence-corrected chi connectivity index (χ4v) is 4.04. The van der Waals surface area contributed by atoms with Crippen LogP contribution in [0.3, 0.4) is 0 Å². The first-order chi connectivity index (χ1) is 15.3. The molecule has 0 N–H and O–H groups in total. The number of ether oxygens (including phenoxy) is 2. The maximum absolute atomic E-state index is 5.48. The predicted octanol–water partition coefficient (Wildman–Crippen LogP) is 4.44. The van der Waals surface area contributed by atoms with E-state index in [0.717, 1.165) is 43.2 Å². The minimum Gasteiger partial charge on any atom is -0.497 e. The molecule has 1 saturated heterocycles. The van der Waals surface area contributed by atoms with Gasteiger partial charge in [-0.05, 0) is 23.3 Å². The molecule has 160 valence electrons. The molecule has 3 aromatic carbocycles. The van der Waals surface area contributed by atoms with Gasteiger partial charge in [0.15, 0.2) is 0 Å². The smallest absolute Gasteiger partial charge is 0.131 e. The van der Waals surface area contributed by atoms with Gasteiger partial charge >= 0.3 is 0 Å². The van der Waals surface area contributed by atoms with Gasteiger partial charge in [0.25, 0.3) is 0 Å². The lowest BCUT2D eigenvalue weighted by atomic mass is 9.96. The van der Waals surface area contributed by atoms with Crippen molar-refractivity contribution in [2.75, 3.05) is 40.4 Å². The Morgan fingerprint density at radius 1 is 0.774 bits per heavy atom. The largest absolute Gasteiger partial charge is 0.497 e. The minimum absolute atomic E-state index is 0.259. The number of benzene rings is 3. The molecule has 4 rings (SSSR count). The van der Waals surface area contributed by atoms with Gasteiger partial charge < -0.3 is 9.47 Å². The van der Waals surface area contributed by atoms with Crippen LogP contribution >= 0.6 is 0 Å². The average Bonchev–Trinajstić information content (AvgIpc) is 2.85. The lowest BCUT2D eigenvalue weighted by molar-refractivity contribution is 0.113. The normalized spacial score (nSPS) is 14.9. The topological polar surface area (TPSA) is 37.3 Å². The highest BCUT2D eigenvalue weighted by Crippen LogP contribution is 2.29. The molecule has 31 heavy (non-hydrogen) atoms. The fraction of sp³-hybridized carbons (Fsp3) is 0.269. The van der Waals surface area contributed by atoms with Crippen LogP contribution in [0.5, 0.6) is 11.5 Å². The number of rotatable bonds is 7. The molecule has 0 radical (unpaired) electrons. The summed E-state index contributed by atoms with van der Waals surface area (Å²) in [7, 11) is 3.32. The summed E-state index contributed by atoms with van der Waals surface area (Å²) in [5.74, 6) is 1.53. The van der Waals surface area contributed by atoms with Gasteiger partial charge in [-0.15, -0.1) is 0 Å². The lowest BCUT2D eigenvalue weighted by Crippen LogP contribution is -2.45. The zero-order chi connectivity index (χ0) is 21.5. The number of hydrogen-bond acceptors (Lipinski definition) is 5. The molecule has 0 atom stereocenters. The Kier molecular flexibility index (Phi) is 6.85. The number of methoxy groups -OCH3 is 2. The van der Waals surface area contributed by atoms with E-state index in [1.54, 1.807) is 14.2 Å². The number of nitrogens with zero attached hydrogens (tertiary/aromatic N) is 3. The highest BCUT2D eigenvalue weighted by Gasteiger charge is 2.25. The molecule has 0 spiro atoms. The second-order valence-corrected chi connectivity index (χ2v) is 7.57. The summed E-state index contributed by atoms with van der Waals surface area (Å²) in [5, 5.41) is 6.85. The van der Waals surface area contributed by atoms with Gasteiger partial charge in [0.1, 0.15) is 11.5 Å². The van der Waals surface area contributed by atoms with Crippen molar-refractivity contribution in [3.8, 4) is 11.5 Å². The van der Waals surface area contributed by atoms with Crippen molar-refractivity contribution in [3.05, 3.63) is 95.6 Å². The fourth-order valence-electron chi connectivity index (χ4n) is 4.04. The Morgan fingerprint density at radius 2 is 1.39 bits per heavy atom. The van der Waals surface area contributed by atoms with Crippen molar-refractivity contribution in [3.63, 3.8) is 0 Å². The monoisotopic (exact) mass is 415 g/mol. The summed E-state index contributed by atoms with van der Waals surface area (Å²) < 4.78 is 10.7. The van der Waals surface area contributed by atoms with E-state index in [9.17, 15) is 0 Å². The van der Waals surface area contributed by atoms with Gasteiger partial charge in [0.05, 0.1) is 26.5 Å². The Labute approximate surface area is 184 Å². The molecule has 1 heterocycles. The van der Waals surface area contributed by atoms with Gasteiger partial charge in [-0.2, -0.15) is 5.10 Å². The zero-order valence-electron chi connectivity index (χ0n) is 18.1. The highest BCUT2D eigenvalue weighted by atomic mass is 16.5. The molecule has 1 aliphatic rings. The second-order valence-electron chi connectivity index (χ2n) is 7.57. The van der Waals surface area contributed by atoms with Crippen LogP contribution < -0.4 is 9.47 Å². The summed E-state index contributed by atoms with van der Waals surface area (Å²) in [6.45, 7) is 3.66. The van der Waals surface area contributed by atoms with Crippen LogP contribution in [0.1, 0.15) is 22.7 Å². The molecular formula is C26H29N3O2. The first-order valence-electron chi connectivity index (χ1n) is 10.6. The predicted molar refractivity (Wildman–Crippen MR) is 125 cm³/mol. The summed E-state index contributed by atoms with van der Waals surface area (Å²) >= 11 is 0. The van der Waals surface area contributed by atoms with Gasteiger partial charge in [-0.3, -0.25) is 9.91 Å². The van der Waals surface area contributed by atoms with Crippen LogP contribution in [0.2, 0.25) is 0 Å². The molecule has 0 unspecified atom stereocenters. The Morgan fingerprint density at radius 3 is 1.94 bits per heavy atom. The van der Waals surface area contributed by atoms with Crippen molar-refractivity contribution in [1.82, 2.24) is 9.91 Å². The molecule has 3 aromatic rings. The molecule has 0 aliphatic carbocycles. The Balaban J connectivity index is 1.45. The second kappa shape index (κ2) is 10.1. The van der Waals surface area contributed by atoms with Crippen LogP contribution in [0.4, 0.5) is 0 Å². The first-order valence-corrected chi connectivity index (χ1v) is 10.6. The zero-order valence-corrected chi connectivity index (χ0v) is 18.1. The molecule has 0 aromatic heterocycles. The lowest BCUT2D eigenvalue weighted by Gasteiger charge is -2.38. The van der Waals surface area contributed by atoms with E-state index in [0.29, 0.717) is 0 Å². The first kappa shape index (κ1) is 20.9. The summed E-state index contributed by atoms with van der Waals surface area (Å²) in [6, 6.07) is 27.5. The van der Waals surface area contributed by atoms with Gasteiger partial charge in [0, 0.05) is 37.8 Å². The molecule has 0 saturated carbocycles. The average molecular weight is 416 g/mol. The van der Waals surface area contributed by atoms with Crippen LogP contribution in [0, 0.1) is 0 Å². The Hall–Kier alpha value is -3.31. The maximum Gasteiger partial charge on any atom is 0.131 e. The Bertz CT molecular complexity index is 945. The van der Waals surface area contributed by atoms with Gasteiger partial charge in [-0.25, -0.2) is 0 Å². The van der Waals surface area contributed by atoms with Crippen molar-refractivity contribution >= 4 is 6.21 Å². The van der Waals surface area contributed by atoms with E-state index in [-0.39, 0.29) is 6.04 Å². The van der Waals surface area contributed by atoms with Crippen LogP contribution in [0.25, 0.3) is 0 Å². The van der Waals surface area contributed by atoms with Crippen LogP contribution in [-0.2, 0) is 0 Å². The van der Waals surface area contributed by atoms with E-state index in [1.807, 2.05) is 24.4 Å². The van der Waals surface area contributed by atoms with Crippen molar-refractivity contribution in [2.24, 2.45) is 5.10 Å². The van der Waals surface area contributed by atoms with E-state index in [2.05, 4.69) is 70.6 Å². The van der Waals surface area contributed by atoms with Crippen molar-refractivity contribution in [1.29, 1.82) is 0 Å². The SMILES string of the molecule is COc1ccc(/C=N/N2CCN(C(c3ccccc3)c3ccccc3)CC2)c(OC)c1. The number of hydrazone groups is 1. The highest BCUT2D eigenvalue weighted by molar-refractivity contribution is 5.83. The third-order valence-electron chi connectivity index (χ3n) is 5.69. The van der Waals surface area contributed by atoms with Crippen molar-refractivity contribution < 1.29 is 9.47 Å². The minimum atomic E-state index is 0.259. The van der Waals surface area contributed by atoms with Crippen LogP contribution in [-0.4, -0.2) is 56.5 Å². The van der Waals surface area contributed by atoms with Crippen LogP contribution in [0.15, 0.2) is 84.0 Å². The molecule has 0 bridgehead atoms. The third kappa shape index (κ3) is 5.06. The molecule has 5 nitrogen and oxygen atoms in total. The summed E-state index contributed by atoms with van der Waals surface area (Å²) in [5.41, 5.74) is 3.60. The van der Waals surface area contributed by atoms with Gasteiger partial charge in [0.2, 0.25) is 0 Å². The summed E-state index contributed by atoms with van der Waals surface area (Å²) in [6.07, 6.45) is 1.87. The number of hydrogen-bond donors (Lipinski definition) is 0. The molecule has 1 fully saturated rings. The van der Waals surface area contributed by atoms with E-state index in [1.165, 1.54) is 11.1 Å². The van der Waals surface area contributed by atoms with Gasteiger partial charge in [-0.1, -0.05) is 60.7 Å².